The van der Waals surface area contributed by atoms with E-state index in [2.05, 4.69) is 0 Å². The number of halogens is 13. The summed E-state index contributed by atoms with van der Waals surface area (Å²) < 4.78 is 152. The van der Waals surface area contributed by atoms with Crippen LogP contribution in [0.3, 0.4) is 0 Å². The maximum absolute atomic E-state index is 14.3. The van der Waals surface area contributed by atoms with Crippen molar-refractivity contribution in [3.05, 3.63) is 38.9 Å². The summed E-state index contributed by atoms with van der Waals surface area (Å²) in [6.45, 7) is 0. The molecule has 2 nitrogen and oxygen atoms in total. The molecule has 2 aliphatic carbocycles. The molecule has 1 saturated carbocycles. The van der Waals surface area contributed by atoms with E-state index in [1.807, 2.05) is 0 Å². The number of alkyl halides is 11. The number of fused-ring (bicyclic) bond motifs is 1. The normalized spacial score (nSPS) is 24.9. The highest BCUT2D eigenvalue weighted by Gasteiger charge is 3.06. The van der Waals surface area contributed by atoms with Gasteiger partial charge in [-0.25, -0.2) is 0 Å². The van der Waals surface area contributed by atoms with Gasteiger partial charge in [-0.2, -0.15) is 48.3 Å². The van der Waals surface area contributed by atoms with E-state index in [0.717, 1.165) is 6.07 Å². The van der Waals surface area contributed by atoms with Crippen LogP contribution in [0.4, 0.5) is 48.3 Å². The van der Waals surface area contributed by atoms with Crippen LogP contribution in [0.5, 0.6) is 0 Å². The number of hydrogen-bond acceptors (Lipinski definition) is 2. The predicted octanol–water partition coefficient (Wildman–Crippen LogP) is 5.68. The van der Waals surface area contributed by atoms with Crippen molar-refractivity contribution < 1.29 is 58.2 Å². The standard InChI is InChI=1S/C17H7Cl2F11O2/c18-5-3-8-6(9(19)4-5)1-2-7(10(8)31)11(32)12(17(28,29)30)13(20,21)15(24,25)16(26,27)14(12,22)23/h3-4,31H,1-2H2/p-1. The molecule has 178 valence electrons. The highest BCUT2D eigenvalue weighted by Crippen LogP contribution is 2.76. The zero-order valence-corrected chi connectivity index (χ0v) is 16.3. The molecule has 0 atom stereocenters. The third-order valence-corrected chi connectivity index (χ3v) is 6.02. The van der Waals surface area contributed by atoms with E-state index in [1.54, 1.807) is 0 Å². The molecule has 0 aliphatic heterocycles. The van der Waals surface area contributed by atoms with Gasteiger partial charge in [-0.3, -0.25) is 4.79 Å². The third kappa shape index (κ3) is 2.52. The number of Topliss-reactive ketones (excluding diaryl/α,β-unsaturated/α-hetero) is 1. The van der Waals surface area contributed by atoms with Crippen LogP contribution in [0.25, 0.3) is 5.76 Å². The molecule has 0 bridgehead atoms. The molecule has 32 heavy (non-hydrogen) atoms. The molecule has 1 aromatic carbocycles. The summed E-state index contributed by atoms with van der Waals surface area (Å²) in [6.07, 6.45) is -9.23. The maximum atomic E-state index is 14.3. The first-order chi connectivity index (χ1) is 14.2. The Morgan fingerprint density at radius 2 is 1.31 bits per heavy atom. The smallest absolute Gasteiger partial charge is 0.414 e. The van der Waals surface area contributed by atoms with Gasteiger partial charge in [0.1, 0.15) is 0 Å². The van der Waals surface area contributed by atoms with Gasteiger partial charge in [-0.1, -0.05) is 29.0 Å². The van der Waals surface area contributed by atoms with Gasteiger partial charge in [0.2, 0.25) is 0 Å². The van der Waals surface area contributed by atoms with Crippen molar-refractivity contribution in [3.63, 3.8) is 0 Å². The first-order valence-corrected chi connectivity index (χ1v) is 8.98. The largest absolute Gasteiger partial charge is 0.872 e. The Bertz CT molecular complexity index is 1020. The quantitative estimate of drug-likeness (QED) is 0.469. The molecule has 0 heterocycles. The SMILES string of the molecule is O=C(C1=C([O-])c2cc(Cl)cc(Cl)c2CC1)C1(C(F)(F)F)C(F)(F)C(F)(F)C(F)(F)C1(F)F. The second kappa shape index (κ2) is 6.64. The summed E-state index contributed by atoms with van der Waals surface area (Å²) in [7, 11) is 0. The lowest BCUT2D eigenvalue weighted by Gasteiger charge is -2.40. The second-order valence-electron chi connectivity index (χ2n) is 7.10. The molecule has 15 heteroatoms. The molecule has 1 fully saturated rings. The number of carbonyl (C=O) groups is 1. The number of ketones is 1. The van der Waals surface area contributed by atoms with Gasteiger partial charge < -0.3 is 5.11 Å². The lowest BCUT2D eigenvalue weighted by atomic mass is 9.70. The molecule has 0 aromatic heterocycles. The molecule has 0 saturated heterocycles. The fourth-order valence-electron chi connectivity index (χ4n) is 3.86. The monoisotopic (exact) mass is 521 g/mol. The van der Waals surface area contributed by atoms with Crippen molar-refractivity contribution in [2.75, 3.05) is 0 Å². The van der Waals surface area contributed by atoms with Crippen molar-refractivity contribution >= 4 is 34.7 Å². The molecule has 0 amide bonds. The van der Waals surface area contributed by atoms with Gasteiger partial charge >= 0.3 is 29.9 Å². The first kappa shape index (κ1) is 24.9. The van der Waals surface area contributed by atoms with Crippen LogP contribution in [0.1, 0.15) is 17.5 Å². The maximum Gasteiger partial charge on any atom is 0.414 e. The highest BCUT2D eigenvalue weighted by atomic mass is 35.5. The van der Waals surface area contributed by atoms with Gasteiger partial charge in [0.05, 0.1) is 0 Å². The minimum atomic E-state index is -7.33. The topological polar surface area (TPSA) is 40.1 Å². The Labute approximate surface area is 180 Å². The summed E-state index contributed by atoms with van der Waals surface area (Å²) in [5, 5.41) is 11.9. The Morgan fingerprint density at radius 1 is 0.844 bits per heavy atom. The molecular formula is C17H6Cl2F11O2-. The van der Waals surface area contributed by atoms with Crippen LogP contribution in [0.15, 0.2) is 17.7 Å². The molecule has 3 rings (SSSR count). The Balaban J connectivity index is 2.40. The van der Waals surface area contributed by atoms with Gasteiger partial charge in [-0.05, 0) is 41.7 Å². The molecular weight excluding hydrogens is 516 g/mol. The zero-order valence-electron chi connectivity index (χ0n) is 14.8. The van der Waals surface area contributed by atoms with E-state index in [9.17, 15) is 58.2 Å². The van der Waals surface area contributed by atoms with Crippen molar-refractivity contribution in [2.24, 2.45) is 5.41 Å². The Hall–Kier alpha value is -1.76. The van der Waals surface area contributed by atoms with E-state index < -0.39 is 70.8 Å². The van der Waals surface area contributed by atoms with E-state index in [4.69, 9.17) is 23.2 Å². The average Bonchev–Trinajstić information content (AvgIpc) is 2.66. The highest BCUT2D eigenvalue weighted by molar-refractivity contribution is 6.35. The van der Waals surface area contributed by atoms with Gasteiger partial charge in [0, 0.05) is 10.0 Å². The third-order valence-electron chi connectivity index (χ3n) is 5.47. The van der Waals surface area contributed by atoms with Crippen molar-refractivity contribution in [3.8, 4) is 0 Å². The molecule has 0 unspecified atom stereocenters. The van der Waals surface area contributed by atoms with Crippen molar-refractivity contribution in [1.29, 1.82) is 0 Å². The van der Waals surface area contributed by atoms with Crippen LogP contribution in [-0.2, 0) is 11.2 Å². The fraction of sp³-hybridized carbons (Fsp3) is 0.471. The lowest BCUT2D eigenvalue weighted by Crippen LogP contribution is -2.65. The van der Waals surface area contributed by atoms with Gasteiger partial charge in [-0.15, -0.1) is 0 Å². The van der Waals surface area contributed by atoms with E-state index in [0.29, 0.717) is 6.07 Å². The number of hydrogen-bond donors (Lipinski definition) is 0. The second-order valence-corrected chi connectivity index (χ2v) is 7.94. The zero-order chi connectivity index (χ0) is 24.9. The summed E-state index contributed by atoms with van der Waals surface area (Å²) in [4.78, 5) is 12.5. The Kier molecular flexibility index (Phi) is 5.17. The molecule has 2 aliphatic rings. The summed E-state index contributed by atoms with van der Waals surface area (Å²) >= 11 is 11.4. The average molecular weight is 522 g/mol. The number of rotatable bonds is 2. The molecule has 1 aromatic rings. The van der Waals surface area contributed by atoms with Crippen LogP contribution in [-0.4, -0.2) is 35.6 Å². The summed E-state index contributed by atoms with van der Waals surface area (Å²) in [5.41, 5.74) is -9.77. The minimum absolute atomic E-state index is 0.153. The predicted molar refractivity (Wildman–Crippen MR) is 85.0 cm³/mol. The van der Waals surface area contributed by atoms with E-state index in [1.165, 1.54) is 0 Å². The number of benzene rings is 1. The van der Waals surface area contributed by atoms with Gasteiger partial charge in [0.25, 0.3) is 5.41 Å². The summed E-state index contributed by atoms with van der Waals surface area (Å²) in [5.74, 6) is -34.7. The van der Waals surface area contributed by atoms with Crippen LogP contribution < -0.4 is 5.11 Å². The molecule has 0 radical (unpaired) electrons. The Morgan fingerprint density at radius 3 is 1.75 bits per heavy atom. The molecule has 0 spiro atoms. The first-order valence-electron chi connectivity index (χ1n) is 8.23. The van der Waals surface area contributed by atoms with Crippen LogP contribution in [0.2, 0.25) is 10.0 Å². The van der Waals surface area contributed by atoms with Gasteiger partial charge in [0.15, 0.2) is 5.78 Å². The van der Waals surface area contributed by atoms with Crippen LogP contribution in [0, 0.1) is 5.41 Å². The summed E-state index contributed by atoms with van der Waals surface area (Å²) in [6, 6.07) is 1.77. The number of carbonyl (C=O) groups excluding carboxylic acids is 1. The lowest BCUT2D eigenvalue weighted by molar-refractivity contribution is -0.342. The molecule has 0 N–H and O–H groups in total. The van der Waals surface area contributed by atoms with Crippen molar-refractivity contribution in [1.82, 2.24) is 0 Å². The number of allylic oxidation sites excluding steroid dienone is 1. The van der Waals surface area contributed by atoms with E-state index in [-0.39, 0.29) is 15.6 Å². The minimum Gasteiger partial charge on any atom is -0.872 e. The van der Waals surface area contributed by atoms with E-state index >= 15 is 0 Å². The van der Waals surface area contributed by atoms with Crippen LogP contribution >= 0.6 is 23.2 Å². The van der Waals surface area contributed by atoms with Crippen molar-refractivity contribution in [2.45, 2.75) is 42.7 Å². The fourth-order valence-corrected chi connectivity index (χ4v) is 4.45.